The minimum atomic E-state index is -0.315. The first-order valence-corrected chi connectivity index (χ1v) is 5.86. The molecule has 1 aliphatic carbocycles. The highest BCUT2D eigenvalue weighted by Crippen LogP contribution is 2.43. The number of nitrogens with one attached hydrogen (secondary N) is 1. The van der Waals surface area contributed by atoms with Gasteiger partial charge in [-0.05, 0) is 56.6 Å². The van der Waals surface area contributed by atoms with Crippen molar-refractivity contribution < 1.29 is 5.11 Å². The van der Waals surface area contributed by atoms with Crippen molar-refractivity contribution in [2.45, 2.75) is 46.6 Å². The average molecular weight is 207 g/mol. The molecule has 0 saturated heterocycles. The Morgan fingerprint density at radius 1 is 1.20 bits per heavy atom. The molecule has 0 aliphatic heterocycles. The zero-order valence-corrected chi connectivity index (χ0v) is 10.1. The van der Waals surface area contributed by atoms with E-state index in [1.54, 1.807) is 0 Å². The van der Waals surface area contributed by atoms with Crippen molar-refractivity contribution >= 4 is 0 Å². The summed E-state index contributed by atoms with van der Waals surface area (Å²) < 4.78 is 0. The number of hydrogen-bond donors (Lipinski definition) is 2. The van der Waals surface area contributed by atoms with Crippen molar-refractivity contribution in [3.8, 4) is 0 Å². The van der Waals surface area contributed by atoms with E-state index in [1.807, 2.05) is 0 Å². The van der Waals surface area contributed by atoms with E-state index in [0.717, 1.165) is 11.6 Å². The third-order valence-corrected chi connectivity index (χ3v) is 4.01. The van der Waals surface area contributed by atoms with Gasteiger partial charge in [0, 0.05) is 11.4 Å². The maximum absolute atomic E-state index is 10.3. The molecule has 0 amide bonds. The molecule has 2 nitrogen and oxygen atoms in total. The van der Waals surface area contributed by atoms with Crippen LogP contribution in [0.3, 0.4) is 0 Å². The highest BCUT2D eigenvalue weighted by molar-refractivity contribution is 5.35. The lowest BCUT2D eigenvalue weighted by Gasteiger charge is -2.18. The predicted octanol–water partition coefficient (Wildman–Crippen LogP) is 3.02. The molecule has 0 radical (unpaired) electrons. The number of aromatic amines is 1. The van der Waals surface area contributed by atoms with E-state index in [0.29, 0.717) is 5.92 Å². The first-order chi connectivity index (χ1) is 7.02. The fourth-order valence-electron chi connectivity index (χ4n) is 2.31. The molecule has 1 heterocycles. The van der Waals surface area contributed by atoms with Gasteiger partial charge in [0.2, 0.25) is 0 Å². The fourth-order valence-corrected chi connectivity index (χ4v) is 2.31. The molecule has 2 rings (SSSR count). The van der Waals surface area contributed by atoms with Gasteiger partial charge in [-0.25, -0.2) is 0 Å². The van der Waals surface area contributed by atoms with Crippen LogP contribution in [0.1, 0.15) is 48.4 Å². The Bertz CT molecular complexity index is 363. The maximum atomic E-state index is 10.3. The van der Waals surface area contributed by atoms with Crippen LogP contribution in [0.5, 0.6) is 0 Å². The van der Waals surface area contributed by atoms with Crippen LogP contribution in [0.25, 0.3) is 0 Å². The van der Waals surface area contributed by atoms with Crippen molar-refractivity contribution in [3.63, 3.8) is 0 Å². The molecule has 0 aromatic carbocycles. The number of aliphatic hydroxyl groups excluding tert-OH is 1. The smallest absolute Gasteiger partial charge is 0.0968 e. The third kappa shape index (κ3) is 1.83. The van der Waals surface area contributed by atoms with Crippen LogP contribution in [0.15, 0.2) is 0 Å². The Morgan fingerprint density at radius 2 is 1.80 bits per heavy atom. The minimum absolute atomic E-state index is 0.315. The molecule has 1 fully saturated rings. The fraction of sp³-hybridized carbons (Fsp3) is 0.692. The second-order valence-corrected chi connectivity index (χ2v) is 5.06. The van der Waals surface area contributed by atoms with Crippen molar-refractivity contribution in [1.82, 2.24) is 4.98 Å². The normalized spacial score (nSPS) is 20.3. The number of aromatic nitrogens is 1. The third-order valence-electron chi connectivity index (χ3n) is 4.01. The summed E-state index contributed by atoms with van der Waals surface area (Å²) in [5.74, 6) is 1.13. The van der Waals surface area contributed by atoms with Crippen LogP contribution in [-0.4, -0.2) is 10.1 Å². The van der Waals surface area contributed by atoms with Gasteiger partial charge in [-0.3, -0.25) is 0 Å². The lowest BCUT2D eigenvalue weighted by atomic mass is 9.94. The van der Waals surface area contributed by atoms with Gasteiger partial charge in [0.1, 0.15) is 0 Å². The van der Waals surface area contributed by atoms with Crippen LogP contribution >= 0.6 is 0 Å². The first kappa shape index (κ1) is 10.7. The quantitative estimate of drug-likeness (QED) is 0.785. The topological polar surface area (TPSA) is 36.0 Å². The average Bonchev–Trinajstić information content (AvgIpc) is 3.01. The second-order valence-electron chi connectivity index (χ2n) is 5.06. The molecule has 2 N–H and O–H groups in total. The van der Waals surface area contributed by atoms with Crippen LogP contribution in [-0.2, 0) is 0 Å². The van der Waals surface area contributed by atoms with E-state index in [9.17, 15) is 5.11 Å². The minimum Gasteiger partial charge on any atom is -0.387 e. The van der Waals surface area contributed by atoms with E-state index in [-0.39, 0.29) is 6.10 Å². The Morgan fingerprint density at radius 3 is 2.20 bits per heavy atom. The number of rotatable bonds is 3. The molecule has 1 aromatic heterocycles. The summed E-state index contributed by atoms with van der Waals surface area (Å²) in [7, 11) is 0. The van der Waals surface area contributed by atoms with E-state index >= 15 is 0 Å². The Balaban J connectivity index is 2.24. The number of aryl methyl sites for hydroxylation is 1. The van der Waals surface area contributed by atoms with Gasteiger partial charge in [-0.15, -0.1) is 0 Å². The lowest BCUT2D eigenvalue weighted by Crippen LogP contribution is -2.12. The lowest BCUT2D eigenvalue weighted by molar-refractivity contribution is 0.101. The van der Waals surface area contributed by atoms with Crippen molar-refractivity contribution in [3.05, 3.63) is 22.5 Å². The molecule has 2 heteroatoms. The van der Waals surface area contributed by atoms with E-state index < -0.39 is 0 Å². The summed E-state index contributed by atoms with van der Waals surface area (Å²) in [6.07, 6.45) is 2.26. The monoisotopic (exact) mass is 207 g/mol. The highest BCUT2D eigenvalue weighted by atomic mass is 16.3. The van der Waals surface area contributed by atoms with Gasteiger partial charge < -0.3 is 10.1 Å². The zero-order valence-electron chi connectivity index (χ0n) is 10.1. The molecule has 2 unspecified atom stereocenters. The maximum Gasteiger partial charge on any atom is 0.0968 e. The zero-order chi connectivity index (χ0) is 11.2. The van der Waals surface area contributed by atoms with Gasteiger partial charge in [-0.2, -0.15) is 0 Å². The first-order valence-electron chi connectivity index (χ1n) is 5.86. The van der Waals surface area contributed by atoms with E-state index in [4.69, 9.17) is 0 Å². The largest absolute Gasteiger partial charge is 0.387 e. The predicted molar refractivity (Wildman–Crippen MR) is 61.9 cm³/mol. The molecule has 2 atom stereocenters. The Kier molecular flexibility index (Phi) is 2.63. The summed E-state index contributed by atoms with van der Waals surface area (Å²) in [5, 5.41) is 10.3. The summed E-state index contributed by atoms with van der Waals surface area (Å²) >= 11 is 0. The van der Waals surface area contributed by atoms with Gasteiger partial charge in [0.25, 0.3) is 0 Å². The number of hydrogen-bond acceptors (Lipinski definition) is 1. The van der Waals surface area contributed by atoms with Crippen molar-refractivity contribution in [1.29, 1.82) is 0 Å². The molecule has 0 bridgehead atoms. The van der Waals surface area contributed by atoms with Gasteiger partial charge >= 0.3 is 0 Å². The molecule has 1 aliphatic rings. The van der Waals surface area contributed by atoms with Gasteiger partial charge in [0.15, 0.2) is 0 Å². The Hall–Kier alpha value is -0.760. The molecule has 0 spiro atoms. The van der Waals surface area contributed by atoms with Crippen LogP contribution < -0.4 is 0 Å². The Labute approximate surface area is 91.7 Å². The molecular formula is C13H21NO. The standard InChI is InChI=1S/C13H21NO/c1-7-8(2)12(14-10(7)4)13(15)9(3)11-5-6-11/h9,11,13-15H,5-6H2,1-4H3. The second kappa shape index (κ2) is 3.67. The van der Waals surface area contributed by atoms with Gasteiger partial charge in [0.05, 0.1) is 6.10 Å². The van der Waals surface area contributed by atoms with E-state index in [2.05, 4.69) is 32.7 Å². The molecule has 84 valence electrons. The summed E-state index contributed by atoms with van der Waals surface area (Å²) in [4.78, 5) is 3.33. The van der Waals surface area contributed by atoms with E-state index in [1.165, 1.54) is 29.7 Å². The number of aliphatic hydroxyl groups is 1. The summed E-state index contributed by atoms with van der Waals surface area (Å²) in [5.41, 5.74) is 4.73. The molecular weight excluding hydrogens is 186 g/mol. The molecule has 1 saturated carbocycles. The van der Waals surface area contributed by atoms with Crippen molar-refractivity contribution in [2.75, 3.05) is 0 Å². The van der Waals surface area contributed by atoms with Crippen LogP contribution in [0.2, 0.25) is 0 Å². The van der Waals surface area contributed by atoms with Crippen LogP contribution in [0.4, 0.5) is 0 Å². The summed E-state index contributed by atoms with van der Waals surface area (Å²) in [6.45, 7) is 8.43. The number of H-pyrrole nitrogens is 1. The molecule has 15 heavy (non-hydrogen) atoms. The van der Waals surface area contributed by atoms with Crippen LogP contribution in [0, 0.1) is 32.6 Å². The molecule has 1 aromatic rings. The SMILES string of the molecule is Cc1[nH]c(C(O)C(C)C2CC2)c(C)c1C. The summed E-state index contributed by atoms with van der Waals surface area (Å²) in [6, 6.07) is 0. The highest BCUT2D eigenvalue weighted by Gasteiger charge is 2.34. The van der Waals surface area contributed by atoms with Crippen molar-refractivity contribution in [2.24, 2.45) is 11.8 Å². The van der Waals surface area contributed by atoms with Gasteiger partial charge in [-0.1, -0.05) is 6.92 Å².